The predicted octanol–water partition coefficient (Wildman–Crippen LogP) is 3.47. The van der Waals surface area contributed by atoms with Crippen LogP contribution >= 0.6 is 0 Å². The minimum Gasteiger partial charge on any atom is -0.492 e. The van der Waals surface area contributed by atoms with Crippen molar-refractivity contribution in [3.8, 4) is 5.75 Å². The molecule has 1 rings (SSSR count). The van der Waals surface area contributed by atoms with Gasteiger partial charge in [-0.25, -0.2) is 0 Å². The topological polar surface area (TPSA) is 43.4 Å². The van der Waals surface area contributed by atoms with Crippen molar-refractivity contribution >= 4 is 0 Å². The Kier molecular flexibility index (Phi) is 6.17. The van der Waals surface area contributed by atoms with Gasteiger partial charge in [0.05, 0.1) is 17.9 Å². The highest BCUT2D eigenvalue weighted by atomic mass is 16.5. The molecule has 0 saturated heterocycles. The summed E-state index contributed by atoms with van der Waals surface area (Å²) < 4.78 is 11.3. The summed E-state index contributed by atoms with van der Waals surface area (Å²) in [5.74, 6) is 0.851. The van der Waals surface area contributed by atoms with Gasteiger partial charge in [-0.2, -0.15) is 0 Å². The summed E-state index contributed by atoms with van der Waals surface area (Å²) in [6.45, 7) is 13.9. The van der Waals surface area contributed by atoms with Crippen LogP contribution in [0.15, 0.2) is 12.1 Å². The van der Waals surface area contributed by atoms with Gasteiger partial charge >= 0.3 is 0 Å². The molecule has 0 bridgehead atoms. The fourth-order valence-corrected chi connectivity index (χ4v) is 1.71. The van der Waals surface area contributed by atoms with Gasteiger partial charge in [0, 0.05) is 31.3 Å². The van der Waals surface area contributed by atoms with Crippen molar-refractivity contribution in [2.45, 2.75) is 65.6 Å². The van der Waals surface area contributed by atoms with E-state index in [-0.39, 0.29) is 11.1 Å². The Balaban J connectivity index is 2.68. The first kappa shape index (κ1) is 17.9. The molecule has 1 heterocycles. The first-order valence-corrected chi connectivity index (χ1v) is 7.52. The lowest BCUT2D eigenvalue weighted by Gasteiger charge is -2.24. The lowest BCUT2D eigenvalue weighted by Crippen LogP contribution is -2.35. The molecule has 0 spiro atoms. The zero-order chi connectivity index (χ0) is 16.1. The average molecular weight is 294 g/mol. The molecule has 21 heavy (non-hydrogen) atoms. The van der Waals surface area contributed by atoms with E-state index >= 15 is 0 Å². The third-order valence-corrected chi connectivity index (χ3v) is 3.37. The molecule has 1 N–H and O–H groups in total. The molecule has 0 amide bonds. The van der Waals surface area contributed by atoms with Crippen LogP contribution in [0.2, 0.25) is 0 Å². The molecule has 0 fully saturated rings. The van der Waals surface area contributed by atoms with E-state index < -0.39 is 0 Å². The van der Waals surface area contributed by atoms with Gasteiger partial charge < -0.3 is 14.8 Å². The Bertz CT molecular complexity index is 451. The van der Waals surface area contributed by atoms with Gasteiger partial charge in [-0.05, 0) is 53.7 Å². The van der Waals surface area contributed by atoms with Crippen LogP contribution in [0.3, 0.4) is 0 Å². The molecule has 0 aliphatic rings. The molecule has 0 radical (unpaired) electrons. The van der Waals surface area contributed by atoms with Crippen LogP contribution in [0.4, 0.5) is 0 Å². The highest BCUT2D eigenvalue weighted by Gasteiger charge is 2.17. The number of aryl methyl sites for hydroxylation is 1. The van der Waals surface area contributed by atoms with Crippen LogP contribution in [0.1, 0.15) is 52.4 Å². The van der Waals surface area contributed by atoms with Crippen LogP contribution < -0.4 is 10.1 Å². The summed E-state index contributed by atoms with van der Waals surface area (Å²) in [6, 6.07) is 3.99. The van der Waals surface area contributed by atoms with Crippen molar-refractivity contribution in [1.82, 2.24) is 10.3 Å². The van der Waals surface area contributed by atoms with E-state index in [1.165, 1.54) is 0 Å². The Hall–Kier alpha value is -1.13. The molecule has 0 saturated carbocycles. The van der Waals surface area contributed by atoms with Gasteiger partial charge in [0.15, 0.2) is 0 Å². The second kappa shape index (κ2) is 7.23. The van der Waals surface area contributed by atoms with Crippen molar-refractivity contribution in [1.29, 1.82) is 0 Å². The van der Waals surface area contributed by atoms with Crippen molar-refractivity contribution in [3.63, 3.8) is 0 Å². The van der Waals surface area contributed by atoms with Crippen LogP contribution in [0, 0.1) is 6.92 Å². The SMILES string of the molecule is COC(C)(C)CCOc1ccc(C)nc1CNC(C)(C)C. The summed E-state index contributed by atoms with van der Waals surface area (Å²) in [6.07, 6.45) is 0.837. The fourth-order valence-electron chi connectivity index (χ4n) is 1.71. The number of methoxy groups -OCH3 is 1. The maximum atomic E-state index is 5.91. The van der Waals surface area contributed by atoms with Crippen molar-refractivity contribution in [3.05, 3.63) is 23.5 Å². The van der Waals surface area contributed by atoms with Gasteiger partial charge in [0.2, 0.25) is 0 Å². The number of hydrogen-bond acceptors (Lipinski definition) is 4. The van der Waals surface area contributed by atoms with Crippen LogP contribution in [0.25, 0.3) is 0 Å². The fraction of sp³-hybridized carbons (Fsp3) is 0.706. The number of rotatable bonds is 7. The number of ether oxygens (including phenoxy) is 2. The Morgan fingerprint density at radius 3 is 2.38 bits per heavy atom. The van der Waals surface area contributed by atoms with Gasteiger partial charge in [0.25, 0.3) is 0 Å². The Morgan fingerprint density at radius 1 is 1.14 bits per heavy atom. The molecule has 1 aromatic rings. The molecule has 1 aromatic heterocycles. The average Bonchev–Trinajstić information content (AvgIpc) is 2.37. The zero-order valence-electron chi connectivity index (χ0n) is 14.5. The normalized spacial score (nSPS) is 12.5. The molecule has 0 unspecified atom stereocenters. The van der Waals surface area contributed by atoms with Crippen molar-refractivity contribution < 1.29 is 9.47 Å². The number of nitrogens with zero attached hydrogens (tertiary/aromatic N) is 1. The minimum absolute atomic E-state index is 0.0563. The Morgan fingerprint density at radius 2 is 1.81 bits per heavy atom. The smallest absolute Gasteiger partial charge is 0.142 e. The molecule has 120 valence electrons. The molecule has 0 atom stereocenters. The number of hydrogen-bond donors (Lipinski definition) is 1. The first-order chi connectivity index (χ1) is 9.63. The van der Waals surface area contributed by atoms with Gasteiger partial charge in [0.1, 0.15) is 5.75 Å². The molecular weight excluding hydrogens is 264 g/mol. The lowest BCUT2D eigenvalue weighted by molar-refractivity contribution is 0.00532. The number of pyridine rings is 1. The first-order valence-electron chi connectivity index (χ1n) is 7.52. The molecule has 0 aliphatic heterocycles. The van der Waals surface area contributed by atoms with E-state index in [2.05, 4.69) is 44.9 Å². The van der Waals surface area contributed by atoms with Crippen LogP contribution in [0.5, 0.6) is 5.75 Å². The second-order valence-corrected chi connectivity index (χ2v) is 7.06. The molecule has 0 aromatic carbocycles. The van der Waals surface area contributed by atoms with Gasteiger partial charge in [-0.15, -0.1) is 0 Å². The van der Waals surface area contributed by atoms with Gasteiger partial charge in [-0.1, -0.05) is 0 Å². The van der Waals surface area contributed by atoms with E-state index in [0.717, 1.165) is 23.6 Å². The third-order valence-electron chi connectivity index (χ3n) is 3.37. The largest absolute Gasteiger partial charge is 0.492 e. The summed E-state index contributed by atoms with van der Waals surface area (Å²) in [4.78, 5) is 4.59. The lowest BCUT2D eigenvalue weighted by atomic mass is 10.1. The van der Waals surface area contributed by atoms with E-state index in [1.807, 2.05) is 19.1 Å². The highest BCUT2D eigenvalue weighted by molar-refractivity contribution is 5.29. The van der Waals surface area contributed by atoms with E-state index in [4.69, 9.17) is 9.47 Å². The maximum Gasteiger partial charge on any atom is 0.142 e. The number of nitrogens with one attached hydrogen (secondary N) is 1. The molecule has 4 heteroatoms. The third kappa shape index (κ3) is 6.91. The van der Waals surface area contributed by atoms with Crippen molar-refractivity contribution in [2.24, 2.45) is 0 Å². The summed E-state index contributed by atoms with van der Waals surface area (Å²) in [5, 5.41) is 3.46. The minimum atomic E-state index is -0.165. The zero-order valence-corrected chi connectivity index (χ0v) is 14.5. The van der Waals surface area contributed by atoms with Gasteiger partial charge in [-0.3, -0.25) is 4.98 Å². The summed E-state index contributed by atoms with van der Waals surface area (Å²) in [7, 11) is 1.73. The quantitative estimate of drug-likeness (QED) is 0.836. The monoisotopic (exact) mass is 294 g/mol. The predicted molar refractivity (Wildman–Crippen MR) is 86.8 cm³/mol. The molecular formula is C17H30N2O2. The highest BCUT2D eigenvalue weighted by Crippen LogP contribution is 2.20. The van der Waals surface area contributed by atoms with Crippen LogP contribution in [-0.2, 0) is 11.3 Å². The maximum absolute atomic E-state index is 5.91. The Labute approximate surface area is 129 Å². The number of aromatic nitrogens is 1. The molecule has 0 aliphatic carbocycles. The van der Waals surface area contributed by atoms with E-state index in [0.29, 0.717) is 13.2 Å². The summed E-state index contributed by atoms with van der Waals surface area (Å²) in [5.41, 5.74) is 1.85. The second-order valence-electron chi connectivity index (χ2n) is 7.06. The summed E-state index contributed by atoms with van der Waals surface area (Å²) >= 11 is 0. The standard InChI is InChI=1S/C17H30N2O2/c1-13-8-9-15(21-11-10-17(5,6)20-7)14(19-13)12-18-16(2,3)4/h8-9,18H,10-12H2,1-7H3. The van der Waals surface area contributed by atoms with E-state index in [9.17, 15) is 0 Å². The van der Waals surface area contributed by atoms with Crippen LogP contribution in [-0.4, -0.2) is 29.8 Å². The van der Waals surface area contributed by atoms with E-state index in [1.54, 1.807) is 7.11 Å². The molecule has 4 nitrogen and oxygen atoms in total. The van der Waals surface area contributed by atoms with Crippen molar-refractivity contribution in [2.75, 3.05) is 13.7 Å².